The molecule has 0 saturated heterocycles. The zero-order valence-electron chi connectivity index (χ0n) is 9.30. The Morgan fingerprint density at radius 2 is 1.88 bits per heavy atom. The number of halogens is 3. The van der Waals surface area contributed by atoms with Gasteiger partial charge in [0, 0.05) is 0 Å². The van der Waals surface area contributed by atoms with Gasteiger partial charge in [-0.3, -0.25) is 0 Å². The highest BCUT2D eigenvalue weighted by Crippen LogP contribution is 2.34. The number of hydrogen-bond donors (Lipinski definition) is 1. The summed E-state index contributed by atoms with van der Waals surface area (Å²) in [6.45, 7) is 3.55. The van der Waals surface area contributed by atoms with Gasteiger partial charge in [-0.05, 0) is 32.0 Å². The standard InChI is InChI=1S/C11H11F3N2S/c1-10(2,15)9-16-7-4-3-6(11(12,13)14)5-8(7)17-9/h3-5H,15H2,1-2H3. The predicted octanol–water partition coefficient (Wildman–Crippen LogP) is 3.51. The van der Waals surface area contributed by atoms with Gasteiger partial charge in [0.15, 0.2) is 0 Å². The largest absolute Gasteiger partial charge is 0.416 e. The van der Waals surface area contributed by atoms with Gasteiger partial charge in [-0.25, -0.2) is 4.98 Å². The lowest BCUT2D eigenvalue weighted by atomic mass is 10.1. The van der Waals surface area contributed by atoms with Gasteiger partial charge in [0.1, 0.15) is 5.01 Å². The molecular formula is C11H11F3N2S. The van der Waals surface area contributed by atoms with Crippen molar-refractivity contribution in [2.24, 2.45) is 5.73 Å². The summed E-state index contributed by atoms with van der Waals surface area (Å²) in [4.78, 5) is 4.23. The van der Waals surface area contributed by atoms with Crippen molar-refractivity contribution in [1.29, 1.82) is 0 Å². The number of alkyl halides is 3. The van der Waals surface area contributed by atoms with Gasteiger partial charge in [-0.2, -0.15) is 13.2 Å². The van der Waals surface area contributed by atoms with E-state index in [0.29, 0.717) is 15.2 Å². The molecule has 0 aliphatic heterocycles. The number of hydrogen-bond acceptors (Lipinski definition) is 3. The molecule has 1 aromatic heterocycles. The lowest BCUT2D eigenvalue weighted by Gasteiger charge is -2.13. The smallest absolute Gasteiger partial charge is 0.320 e. The van der Waals surface area contributed by atoms with Gasteiger partial charge in [-0.15, -0.1) is 11.3 Å². The highest BCUT2D eigenvalue weighted by atomic mass is 32.1. The van der Waals surface area contributed by atoms with Crippen LogP contribution >= 0.6 is 11.3 Å². The van der Waals surface area contributed by atoms with Crippen LogP contribution in [0.1, 0.15) is 24.4 Å². The van der Waals surface area contributed by atoms with Crippen LogP contribution in [0.3, 0.4) is 0 Å². The first-order valence-electron chi connectivity index (χ1n) is 4.95. The molecule has 2 nitrogen and oxygen atoms in total. The van der Waals surface area contributed by atoms with E-state index in [-0.39, 0.29) is 0 Å². The molecule has 0 bridgehead atoms. The number of aromatic nitrogens is 1. The number of thiazole rings is 1. The third kappa shape index (κ3) is 2.42. The molecule has 0 fully saturated rings. The van der Waals surface area contributed by atoms with E-state index in [0.717, 1.165) is 12.1 Å². The van der Waals surface area contributed by atoms with E-state index in [1.165, 1.54) is 17.4 Å². The van der Waals surface area contributed by atoms with E-state index in [2.05, 4.69) is 4.98 Å². The minimum atomic E-state index is -4.32. The van der Waals surface area contributed by atoms with Gasteiger partial charge in [0.2, 0.25) is 0 Å². The fraction of sp³-hybridized carbons (Fsp3) is 0.364. The molecule has 0 unspecified atom stereocenters. The lowest BCUT2D eigenvalue weighted by Crippen LogP contribution is -2.28. The fourth-order valence-corrected chi connectivity index (χ4v) is 2.40. The van der Waals surface area contributed by atoms with Crippen molar-refractivity contribution in [2.45, 2.75) is 25.6 Å². The first kappa shape index (κ1) is 12.3. The molecule has 0 aliphatic carbocycles. The van der Waals surface area contributed by atoms with Crippen molar-refractivity contribution in [3.8, 4) is 0 Å². The molecule has 0 atom stereocenters. The summed E-state index contributed by atoms with van der Waals surface area (Å²) in [6, 6.07) is 3.53. The Labute approximate surface area is 100 Å². The molecule has 1 heterocycles. The summed E-state index contributed by atoms with van der Waals surface area (Å²) in [7, 11) is 0. The van der Waals surface area contributed by atoms with E-state index >= 15 is 0 Å². The molecule has 2 N–H and O–H groups in total. The highest BCUT2D eigenvalue weighted by molar-refractivity contribution is 7.18. The predicted molar refractivity (Wildman–Crippen MR) is 61.8 cm³/mol. The Hall–Kier alpha value is -1.14. The molecule has 0 amide bonds. The SMILES string of the molecule is CC(C)(N)c1nc2ccc(C(F)(F)F)cc2s1. The molecule has 92 valence electrons. The van der Waals surface area contributed by atoms with Crippen molar-refractivity contribution in [1.82, 2.24) is 4.98 Å². The third-order valence-electron chi connectivity index (χ3n) is 2.27. The Morgan fingerprint density at radius 1 is 1.24 bits per heavy atom. The summed E-state index contributed by atoms with van der Waals surface area (Å²) in [6.07, 6.45) is -4.32. The summed E-state index contributed by atoms with van der Waals surface area (Å²) in [5.41, 5.74) is 5.13. The van der Waals surface area contributed by atoms with E-state index in [1.54, 1.807) is 13.8 Å². The van der Waals surface area contributed by atoms with Gasteiger partial charge < -0.3 is 5.73 Å². The Bertz CT molecular complexity index is 540. The van der Waals surface area contributed by atoms with Crippen LogP contribution in [0.15, 0.2) is 18.2 Å². The lowest BCUT2D eigenvalue weighted by molar-refractivity contribution is -0.137. The van der Waals surface area contributed by atoms with Crippen LogP contribution in [-0.2, 0) is 11.7 Å². The van der Waals surface area contributed by atoms with Gasteiger partial charge >= 0.3 is 6.18 Å². The highest BCUT2D eigenvalue weighted by Gasteiger charge is 2.31. The monoisotopic (exact) mass is 260 g/mol. The molecule has 2 aromatic rings. The number of nitrogens with two attached hydrogens (primary N) is 1. The van der Waals surface area contributed by atoms with E-state index < -0.39 is 17.3 Å². The summed E-state index contributed by atoms with van der Waals surface area (Å²) >= 11 is 1.20. The molecular weight excluding hydrogens is 249 g/mol. The zero-order valence-corrected chi connectivity index (χ0v) is 10.1. The Balaban J connectivity index is 2.56. The fourth-order valence-electron chi connectivity index (χ4n) is 1.38. The van der Waals surface area contributed by atoms with Gasteiger partial charge in [-0.1, -0.05) is 0 Å². The number of nitrogens with zero attached hydrogens (tertiary/aromatic N) is 1. The van der Waals surface area contributed by atoms with E-state index in [9.17, 15) is 13.2 Å². The van der Waals surface area contributed by atoms with Gasteiger partial charge in [0.25, 0.3) is 0 Å². The topological polar surface area (TPSA) is 38.9 Å². The van der Waals surface area contributed by atoms with Crippen molar-refractivity contribution in [3.63, 3.8) is 0 Å². The first-order chi connectivity index (χ1) is 7.68. The Kier molecular flexibility index (Phi) is 2.67. The number of fused-ring (bicyclic) bond motifs is 1. The second kappa shape index (κ2) is 3.68. The van der Waals surface area contributed by atoms with Crippen molar-refractivity contribution >= 4 is 21.6 Å². The average Bonchev–Trinajstić information content (AvgIpc) is 2.57. The van der Waals surface area contributed by atoms with Crippen LogP contribution in [0.4, 0.5) is 13.2 Å². The van der Waals surface area contributed by atoms with E-state index in [4.69, 9.17) is 5.73 Å². The summed E-state index contributed by atoms with van der Waals surface area (Å²) in [5, 5.41) is 0.631. The van der Waals surface area contributed by atoms with E-state index in [1.807, 2.05) is 0 Å². The van der Waals surface area contributed by atoms with Crippen LogP contribution in [0, 0.1) is 0 Å². The molecule has 17 heavy (non-hydrogen) atoms. The second-order valence-corrected chi connectivity index (χ2v) is 5.45. The third-order valence-corrected chi connectivity index (χ3v) is 3.62. The quantitative estimate of drug-likeness (QED) is 0.852. The summed E-state index contributed by atoms with van der Waals surface area (Å²) in [5.74, 6) is 0. The van der Waals surface area contributed by atoms with Crippen LogP contribution in [-0.4, -0.2) is 4.98 Å². The molecule has 0 spiro atoms. The second-order valence-electron chi connectivity index (χ2n) is 4.42. The first-order valence-corrected chi connectivity index (χ1v) is 5.77. The van der Waals surface area contributed by atoms with Crippen LogP contribution < -0.4 is 5.73 Å². The maximum Gasteiger partial charge on any atom is 0.416 e. The molecule has 2 rings (SSSR count). The molecule has 1 aromatic carbocycles. The number of rotatable bonds is 1. The van der Waals surface area contributed by atoms with Crippen molar-refractivity contribution in [2.75, 3.05) is 0 Å². The van der Waals surface area contributed by atoms with Crippen LogP contribution in [0.5, 0.6) is 0 Å². The average molecular weight is 260 g/mol. The molecule has 6 heteroatoms. The Morgan fingerprint density at radius 3 is 2.41 bits per heavy atom. The number of benzene rings is 1. The van der Waals surface area contributed by atoms with Crippen molar-refractivity contribution < 1.29 is 13.2 Å². The molecule has 0 radical (unpaired) electrons. The normalized spacial score (nSPS) is 13.3. The maximum atomic E-state index is 12.5. The van der Waals surface area contributed by atoms with Crippen LogP contribution in [0.2, 0.25) is 0 Å². The minimum absolute atomic E-state index is 0.508. The summed E-state index contributed by atoms with van der Waals surface area (Å²) < 4.78 is 38.1. The van der Waals surface area contributed by atoms with Gasteiger partial charge in [0.05, 0.1) is 21.3 Å². The molecule has 0 aliphatic rings. The van der Waals surface area contributed by atoms with Crippen molar-refractivity contribution in [3.05, 3.63) is 28.8 Å². The maximum absolute atomic E-state index is 12.5. The van der Waals surface area contributed by atoms with Crippen LogP contribution in [0.25, 0.3) is 10.2 Å². The zero-order chi connectivity index (χ0) is 12.8. The minimum Gasteiger partial charge on any atom is -0.320 e. The molecule has 0 saturated carbocycles.